The molecular weight excluding hydrogens is 292 g/mol. The molecule has 5 nitrogen and oxygen atoms in total. The molecule has 2 aromatic rings. The molecule has 0 aliphatic rings. The molecule has 0 saturated carbocycles. The van der Waals surface area contributed by atoms with E-state index in [-0.39, 0.29) is 18.6 Å². The number of carbonyl (C=O) groups excluding carboxylic acids is 1. The van der Waals surface area contributed by atoms with Gasteiger partial charge in [0.25, 0.3) is 5.91 Å². The van der Waals surface area contributed by atoms with Gasteiger partial charge in [-0.15, -0.1) is 0 Å². The van der Waals surface area contributed by atoms with Crippen LogP contribution in [0.5, 0.6) is 17.4 Å². The van der Waals surface area contributed by atoms with E-state index < -0.39 is 0 Å². The first kappa shape index (κ1) is 16.8. The van der Waals surface area contributed by atoms with Crippen molar-refractivity contribution < 1.29 is 14.3 Å². The summed E-state index contributed by atoms with van der Waals surface area (Å²) in [6.07, 6.45) is 3.51. The molecule has 0 aliphatic carbocycles. The van der Waals surface area contributed by atoms with E-state index in [1.54, 1.807) is 36.5 Å². The zero-order valence-electron chi connectivity index (χ0n) is 13.5. The first-order valence-electron chi connectivity index (χ1n) is 7.82. The minimum atomic E-state index is -0.104. The number of carbonyl (C=O) groups is 1. The first-order chi connectivity index (χ1) is 11.2. The fourth-order valence-corrected chi connectivity index (χ4v) is 2.04. The molecule has 5 heteroatoms. The van der Waals surface area contributed by atoms with Crippen LogP contribution in [0, 0.1) is 0 Å². The molecule has 0 aliphatic heterocycles. The van der Waals surface area contributed by atoms with Crippen molar-refractivity contribution in [3.05, 3.63) is 48.7 Å². The van der Waals surface area contributed by atoms with E-state index in [1.807, 2.05) is 12.1 Å². The highest BCUT2D eigenvalue weighted by Crippen LogP contribution is 2.22. The number of nitrogens with one attached hydrogen (secondary N) is 1. The van der Waals surface area contributed by atoms with E-state index in [9.17, 15) is 4.79 Å². The van der Waals surface area contributed by atoms with E-state index in [0.717, 1.165) is 12.8 Å². The zero-order chi connectivity index (χ0) is 16.5. The Morgan fingerprint density at radius 3 is 2.39 bits per heavy atom. The summed E-state index contributed by atoms with van der Waals surface area (Å²) in [6.45, 7) is 4.11. The van der Waals surface area contributed by atoms with Crippen molar-refractivity contribution in [2.45, 2.75) is 32.7 Å². The topological polar surface area (TPSA) is 60.5 Å². The number of pyridine rings is 1. The van der Waals surface area contributed by atoms with Gasteiger partial charge in [-0.25, -0.2) is 4.98 Å². The van der Waals surface area contributed by atoms with Gasteiger partial charge in [-0.1, -0.05) is 19.9 Å². The minimum absolute atomic E-state index is 0.0109. The molecule has 0 spiro atoms. The molecule has 2 rings (SSSR count). The third-order valence-electron chi connectivity index (χ3n) is 3.40. The van der Waals surface area contributed by atoms with Crippen LogP contribution in [0.2, 0.25) is 0 Å². The normalized spacial score (nSPS) is 10.4. The van der Waals surface area contributed by atoms with Gasteiger partial charge in [0.1, 0.15) is 11.5 Å². The van der Waals surface area contributed by atoms with Gasteiger partial charge in [-0.2, -0.15) is 0 Å². The number of hydrogen-bond acceptors (Lipinski definition) is 4. The fraction of sp³-hybridized carbons (Fsp3) is 0.333. The van der Waals surface area contributed by atoms with E-state index in [0.29, 0.717) is 17.4 Å². The Kier molecular flexibility index (Phi) is 6.41. The number of aromatic nitrogens is 1. The third kappa shape index (κ3) is 5.62. The van der Waals surface area contributed by atoms with Gasteiger partial charge in [0.2, 0.25) is 5.88 Å². The van der Waals surface area contributed by atoms with Crippen molar-refractivity contribution in [1.82, 2.24) is 10.3 Å². The van der Waals surface area contributed by atoms with Crippen molar-refractivity contribution in [3.8, 4) is 17.4 Å². The van der Waals surface area contributed by atoms with Crippen LogP contribution >= 0.6 is 0 Å². The molecule has 0 fully saturated rings. The Morgan fingerprint density at radius 2 is 1.78 bits per heavy atom. The lowest BCUT2D eigenvalue weighted by Gasteiger charge is -2.15. The van der Waals surface area contributed by atoms with Gasteiger partial charge < -0.3 is 14.8 Å². The van der Waals surface area contributed by atoms with Gasteiger partial charge >= 0.3 is 0 Å². The molecule has 0 saturated heterocycles. The van der Waals surface area contributed by atoms with Crippen molar-refractivity contribution in [3.63, 3.8) is 0 Å². The molecule has 1 N–H and O–H groups in total. The predicted octanol–water partition coefficient (Wildman–Crippen LogP) is 3.56. The van der Waals surface area contributed by atoms with Crippen molar-refractivity contribution in [2.24, 2.45) is 0 Å². The second-order valence-corrected chi connectivity index (χ2v) is 5.11. The maximum Gasteiger partial charge on any atom is 0.258 e. The van der Waals surface area contributed by atoms with Crippen LogP contribution in [0.1, 0.15) is 26.7 Å². The van der Waals surface area contributed by atoms with E-state index >= 15 is 0 Å². The Morgan fingerprint density at radius 1 is 1.09 bits per heavy atom. The molecule has 1 aromatic carbocycles. The van der Waals surface area contributed by atoms with Crippen molar-refractivity contribution >= 4 is 5.91 Å². The highest BCUT2D eigenvalue weighted by molar-refractivity contribution is 5.77. The Balaban J connectivity index is 1.82. The molecular formula is C18H22N2O3. The van der Waals surface area contributed by atoms with Crippen molar-refractivity contribution in [2.75, 3.05) is 6.61 Å². The van der Waals surface area contributed by atoms with Gasteiger partial charge in [0.15, 0.2) is 6.61 Å². The molecule has 23 heavy (non-hydrogen) atoms. The quantitative estimate of drug-likeness (QED) is 0.809. The Labute approximate surface area is 136 Å². The molecule has 0 unspecified atom stereocenters. The highest BCUT2D eigenvalue weighted by Gasteiger charge is 2.08. The second-order valence-electron chi connectivity index (χ2n) is 5.11. The molecule has 1 heterocycles. The summed E-state index contributed by atoms with van der Waals surface area (Å²) in [6, 6.07) is 12.8. The van der Waals surface area contributed by atoms with Crippen LogP contribution in [-0.2, 0) is 4.79 Å². The summed E-state index contributed by atoms with van der Waals surface area (Å²) in [5.41, 5.74) is 0. The molecule has 0 bridgehead atoms. The predicted molar refractivity (Wildman–Crippen MR) is 88.8 cm³/mol. The summed E-state index contributed by atoms with van der Waals surface area (Å²) in [5, 5.41) is 2.93. The average molecular weight is 314 g/mol. The van der Waals surface area contributed by atoms with Gasteiger partial charge in [0.05, 0.1) is 0 Å². The molecule has 122 valence electrons. The SMILES string of the molecule is CCC(CC)NC(=O)COc1ccc(Oc2ccccn2)cc1. The minimum Gasteiger partial charge on any atom is -0.484 e. The summed E-state index contributed by atoms with van der Waals surface area (Å²) in [7, 11) is 0. The van der Waals surface area contributed by atoms with E-state index in [4.69, 9.17) is 9.47 Å². The molecule has 0 radical (unpaired) electrons. The lowest BCUT2D eigenvalue weighted by Crippen LogP contribution is -2.37. The largest absolute Gasteiger partial charge is 0.484 e. The lowest BCUT2D eigenvalue weighted by atomic mass is 10.2. The standard InChI is InChI=1S/C18H22N2O3/c1-3-14(4-2)20-17(21)13-22-15-8-10-16(11-9-15)23-18-7-5-6-12-19-18/h5-12,14H,3-4,13H2,1-2H3,(H,20,21). The fourth-order valence-electron chi connectivity index (χ4n) is 2.04. The molecule has 1 aromatic heterocycles. The van der Waals surface area contributed by atoms with Gasteiger partial charge in [-0.3, -0.25) is 4.79 Å². The average Bonchev–Trinajstić information content (AvgIpc) is 2.60. The van der Waals surface area contributed by atoms with Gasteiger partial charge in [-0.05, 0) is 43.2 Å². The Hall–Kier alpha value is -2.56. The van der Waals surface area contributed by atoms with Crippen molar-refractivity contribution in [1.29, 1.82) is 0 Å². The highest BCUT2D eigenvalue weighted by atomic mass is 16.5. The van der Waals surface area contributed by atoms with Crippen LogP contribution in [0.25, 0.3) is 0 Å². The van der Waals surface area contributed by atoms with E-state index in [1.165, 1.54) is 0 Å². The number of hydrogen-bond donors (Lipinski definition) is 1. The van der Waals surface area contributed by atoms with Gasteiger partial charge in [0, 0.05) is 18.3 Å². The number of nitrogens with zero attached hydrogens (tertiary/aromatic N) is 1. The second kappa shape index (κ2) is 8.78. The number of benzene rings is 1. The monoisotopic (exact) mass is 314 g/mol. The summed E-state index contributed by atoms with van der Waals surface area (Å²) < 4.78 is 11.1. The van der Waals surface area contributed by atoms with Crippen LogP contribution in [0.3, 0.4) is 0 Å². The number of ether oxygens (including phenoxy) is 2. The summed E-state index contributed by atoms with van der Waals surface area (Å²) >= 11 is 0. The zero-order valence-corrected chi connectivity index (χ0v) is 13.5. The maximum atomic E-state index is 11.8. The van der Waals surface area contributed by atoms with E-state index in [2.05, 4.69) is 24.1 Å². The maximum absolute atomic E-state index is 11.8. The summed E-state index contributed by atoms with van der Waals surface area (Å²) in [4.78, 5) is 15.9. The summed E-state index contributed by atoms with van der Waals surface area (Å²) in [5.74, 6) is 1.72. The molecule has 1 amide bonds. The third-order valence-corrected chi connectivity index (χ3v) is 3.40. The first-order valence-corrected chi connectivity index (χ1v) is 7.82. The lowest BCUT2D eigenvalue weighted by molar-refractivity contribution is -0.123. The van der Waals surface area contributed by atoms with Crippen LogP contribution < -0.4 is 14.8 Å². The van der Waals surface area contributed by atoms with Crippen LogP contribution in [-0.4, -0.2) is 23.5 Å². The smallest absolute Gasteiger partial charge is 0.258 e. The van der Waals surface area contributed by atoms with Crippen LogP contribution in [0.15, 0.2) is 48.7 Å². The number of rotatable bonds is 8. The van der Waals surface area contributed by atoms with Crippen LogP contribution in [0.4, 0.5) is 0 Å². The number of amides is 1. The Bertz CT molecular complexity index is 595. The molecule has 0 atom stereocenters.